The number of halogens is 3. The second-order valence-electron chi connectivity index (χ2n) is 5.76. The first-order chi connectivity index (χ1) is 10.3. The fourth-order valence-corrected chi connectivity index (χ4v) is 3.10. The fourth-order valence-electron chi connectivity index (χ4n) is 3.10. The maximum absolute atomic E-state index is 13.2. The highest BCUT2D eigenvalue weighted by molar-refractivity contribution is 5.92. The Balaban J connectivity index is 2.19. The minimum absolute atomic E-state index is 0.0250. The molecule has 0 spiro atoms. The molecule has 22 heavy (non-hydrogen) atoms. The van der Waals surface area contributed by atoms with Gasteiger partial charge >= 0.3 is 6.18 Å². The molecule has 0 radical (unpaired) electrons. The number of aromatic amines is 1. The third kappa shape index (κ3) is 2.53. The predicted octanol–water partition coefficient (Wildman–Crippen LogP) is 3.88. The van der Waals surface area contributed by atoms with E-state index in [1.807, 2.05) is 13.8 Å². The SMILES string of the molecule is CC1=N[C@H](C)C[C@@H]1c1ccc2[nH]c(=O)cc(C(F)(F)F)c2c1. The van der Waals surface area contributed by atoms with Gasteiger partial charge < -0.3 is 4.98 Å². The van der Waals surface area contributed by atoms with Crippen LogP contribution in [0.1, 0.15) is 37.3 Å². The van der Waals surface area contributed by atoms with Crippen molar-refractivity contribution < 1.29 is 13.2 Å². The van der Waals surface area contributed by atoms with Gasteiger partial charge in [0.1, 0.15) is 0 Å². The van der Waals surface area contributed by atoms with Crippen molar-refractivity contribution >= 4 is 16.6 Å². The summed E-state index contributed by atoms with van der Waals surface area (Å²) in [4.78, 5) is 18.3. The largest absolute Gasteiger partial charge is 0.417 e. The molecule has 1 aliphatic heterocycles. The number of rotatable bonds is 1. The number of alkyl halides is 3. The molecule has 6 heteroatoms. The Labute approximate surface area is 124 Å². The molecule has 0 fully saturated rings. The second-order valence-corrected chi connectivity index (χ2v) is 5.76. The molecule has 1 aromatic carbocycles. The van der Waals surface area contributed by atoms with Crippen molar-refractivity contribution in [2.45, 2.75) is 38.4 Å². The predicted molar refractivity (Wildman–Crippen MR) is 79.5 cm³/mol. The van der Waals surface area contributed by atoms with Crippen LogP contribution in [0.2, 0.25) is 0 Å². The zero-order valence-electron chi connectivity index (χ0n) is 12.2. The van der Waals surface area contributed by atoms with Crippen LogP contribution in [0.25, 0.3) is 10.9 Å². The summed E-state index contributed by atoms with van der Waals surface area (Å²) >= 11 is 0. The number of benzene rings is 1. The first-order valence-electron chi connectivity index (χ1n) is 7.04. The number of hydrogen-bond acceptors (Lipinski definition) is 2. The summed E-state index contributed by atoms with van der Waals surface area (Å²) in [5.74, 6) is 0.0346. The van der Waals surface area contributed by atoms with Crippen molar-refractivity contribution in [3.8, 4) is 0 Å². The van der Waals surface area contributed by atoms with E-state index < -0.39 is 17.3 Å². The monoisotopic (exact) mass is 308 g/mol. The lowest BCUT2D eigenvalue weighted by Gasteiger charge is -2.15. The molecule has 2 atom stereocenters. The second kappa shape index (κ2) is 4.97. The number of H-pyrrole nitrogens is 1. The van der Waals surface area contributed by atoms with E-state index >= 15 is 0 Å². The normalized spacial score (nSPS) is 22.1. The van der Waals surface area contributed by atoms with Gasteiger partial charge in [-0.05, 0) is 38.0 Å². The molecule has 3 rings (SSSR count). The van der Waals surface area contributed by atoms with Gasteiger partial charge in [-0.3, -0.25) is 9.79 Å². The Morgan fingerprint density at radius 3 is 2.59 bits per heavy atom. The maximum atomic E-state index is 13.2. The van der Waals surface area contributed by atoms with Crippen molar-refractivity contribution in [3.63, 3.8) is 0 Å². The molecule has 1 N–H and O–H groups in total. The minimum Gasteiger partial charge on any atom is -0.322 e. The number of nitrogens with zero attached hydrogens (tertiary/aromatic N) is 1. The van der Waals surface area contributed by atoms with E-state index in [2.05, 4.69) is 9.98 Å². The quantitative estimate of drug-likeness (QED) is 0.853. The van der Waals surface area contributed by atoms with Crippen molar-refractivity contribution in [2.24, 2.45) is 4.99 Å². The zero-order valence-corrected chi connectivity index (χ0v) is 12.2. The van der Waals surface area contributed by atoms with E-state index in [0.29, 0.717) is 6.07 Å². The first kappa shape index (κ1) is 14.8. The lowest BCUT2D eigenvalue weighted by atomic mass is 9.90. The Hall–Kier alpha value is -2.11. The molecule has 0 aliphatic carbocycles. The molecule has 2 aromatic rings. The van der Waals surface area contributed by atoms with Gasteiger partial charge in [-0.25, -0.2) is 0 Å². The number of aromatic nitrogens is 1. The molecule has 1 aromatic heterocycles. The highest BCUT2D eigenvalue weighted by Crippen LogP contribution is 2.36. The van der Waals surface area contributed by atoms with Crippen LogP contribution >= 0.6 is 0 Å². The summed E-state index contributed by atoms with van der Waals surface area (Å²) in [5.41, 5.74) is 0.290. The van der Waals surface area contributed by atoms with Crippen LogP contribution in [-0.2, 0) is 6.18 Å². The number of pyridine rings is 1. The van der Waals surface area contributed by atoms with Crippen molar-refractivity contribution in [3.05, 3.63) is 45.7 Å². The molecule has 0 saturated carbocycles. The summed E-state index contributed by atoms with van der Waals surface area (Å²) in [6.45, 7) is 3.89. The lowest BCUT2D eigenvalue weighted by Crippen LogP contribution is -2.14. The Kier molecular flexibility index (Phi) is 3.34. The van der Waals surface area contributed by atoms with Gasteiger partial charge in [0.2, 0.25) is 5.56 Å². The maximum Gasteiger partial charge on any atom is 0.417 e. The van der Waals surface area contributed by atoms with E-state index in [0.717, 1.165) is 17.7 Å². The van der Waals surface area contributed by atoms with E-state index in [9.17, 15) is 18.0 Å². The van der Waals surface area contributed by atoms with Gasteiger partial charge in [-0.15, -0.1) is 0 Å². The lowest BCUT2D eigenvalue weighted by molar-refractivity contribution is -0.136. The Bertz CT molecular complexity index is 820. The van der Waals surface area contributed by atoms with Crippen LogP contribution in [0.15, 0.2) is 34.1 Å². The average molecular weight is 308 g/mol. The van der Waals surface area contributed by atoms with Crippen molar-refractivity contribution in [1.29, 1.82) is 0 Å². The van der Waals surface area contributed by atoms with Gasteiger partial charge in [-0.1, -0.05) is 6.07 Å². The highest BCUT2D eigenvalue weighted by Gasteiger charge is 2.34. The summed E-state index contributed by atoms with van der Waals surface area (Å²) < 4.78 is 39.5. The van der Waals surface area contributed by atoms with Crippen LogP contribution in [0, 0.1) is 0 Å². The third-order valence-electron chi connectivity index (χ3n) is 4.08. The van der Waals surface area contributed by atoms with E-state index in [1.54, 1.807) is 6.07 Å². The standard InChI is InChI=1S/C16H15F3N2O/c1-8-5-11(9(2)20-8)10-3-4-14-12(6-10)13(16(17,18)19)7-15(22)21-14/h3-4,6-8,11H,5H2,1-2H3,(H,21,22)/t8-,11+/m1/s1. The van der Waals surface area contributed by atoms with Crippen LogP contribution in [-0.4, -0.2) is 16.7 Å². The Morgan fingerprint density at radius 1 is 1.27 bits per heavy atom. The van der Waals surface area contributed by atoms with Gasteiger partial charge in [0.25, 0.3) is 0 Å². The smallest absolute Gasteiger partial charge is 0.322 e. The minimum atomic E-state index is -4.56. The number of hydrogen-bond donors (Lipinski definition) is 1. The fraction of sp³-hybridized carbons (Fsp3) is 0.375. The van der Waals surface area contributed by atoms with E-state index in [-0.39, 0.29) is 22.9 Å². The highest BCUT2D eigenvalue weighted by atomic mass is 19.4. The van der Waals surface area contributed by atoms with Crippen molar-refractivity contribution in [1.82, 2.24) is 4.98 Å². The topological polar surface area (TPSA) is 45.2 Å². The molecule has 0 saturated heterocycles. The van der Waals surface area contributed by atoms with Gasteiger partial charge in [0.05, 0.1) is 5.56 Å². The molecule has 0 bridgehead atoms. The van der Waals surface area contributed by atoms with Crippen LogP contribution in [0.4, 0.5) is 13.2 Å². The molecule has 1 aliphatic rings. The van der Waals surface area contributed by atoms with Crippen LogP contribution in [0.3, 0.4) is 0 Å². The number of nitrogens with one attached hydrogen (secondary N) is 1. The summed E-state index contributed by atoms with van der Waals surface area (Å²) in [6.07, 6.45) is -3.76. The van der Waals surface area contributed by atoms with Gasteiger partial charge in [0.15, 0.2) is 0 Å². The molecule has 0 unspecified atom stereocenters. The first-order valence-corrected chi connectivity index (χ1v) is 7.04. The molecular formula is C16H15F3N2O. The summed E-state index contributed by atoms with van der Waals surface area (Å²) in [7, 11) is 0. The number of aliphatic imine (C=N–C) groups is 1. The van der Waals surface area contributed by atoms with E-state index in [4.69, 9.17) is 0 Å². The average Bonchev–Trinajstić information content (AvgIpc) is 2.75. The van der Waals surface area contributed by atoms with E-state index in [1.165, 1.54) is 12.1 Å². The third-order valence-corrected chi connectivity index (χ3v) is 4.08. The van der Waals surface area contributed by atoms with Crippen molar-refractivity contribution in [2.75, 3.05) is 0 Å². The Morgan fingerprint density at radius 2 is 2.00 bits per heavy atom. The molecular weight excluding hydrogens is 293 g/mol. The molecule has 3 nitrogen and oxygen atoms in total. The summed E-state index contributed by atoms with van der Waals surface area (Å²) in [5, 5.41) is 0.0250. The molecule has 0 amide bonds. The van der Waals surface area contributed by atoms with Gasteiger partial charge in [0, 0.05) is 34.6 Å². The number of fused-ring (bicyclic) bond motifs is 1. The van der Waals surface area contributed by atoms with Gasteiger partial charge in [-0.2, -0.15) is 13.2 Å². The van der Waals surface area contributed by atoms with Crippen LogP contribution < -0.4 is 5.56 Å². The van der Waals surface area contributed by atoms with Crippen LogP contribution in [0.5, 0.6) is 0 Å². The summed E-state index contributed by atoms with van der Waals surface area (Å²) in [6, 6.07) is 5.62. The molecule has 116 valence electrons. The molecule has 2 heterocycles. The zero-order chi connectivity index (χ0) is 16.1.